The third kappa shape index (κ3) is 4.31. The first-order valence-corrected chi connectivity index (χ1v) is 8.27. The van der Waals surface area contributed by atoms with Crippen LogP contribution in [0.15, 0.2) is 6.20 Å². The third-order valence-electron chi connectivity index (χ3n) is 4.41. The molecule has 3 heterocycles. The van der Waals surface area contributed by atoms with Crippen LogP contribution < -0.4 is 5.32 Å². The van der Waals surface area contributed by atoms with Crippen molar-refractivity contribution in [3.8, 4) is 0 Å². The Balaban J connectivity index is 1.60. The van der Waals surface area contributed by atoms with E-state index in [9.17, 15) is 4.79 Å². The predicted molar refractivity (Wildman–Crippen MR) is 83.1 cm³/mol. The topological polar surface area (TPSA) is 74.6 Å². The van der Waals surface area contributed by atoms with Crippen LogP contribution in [0.1, 0.15) is 30.2 Å². The number of ether oxygens (including phenoxy) is 3. The Morgan fingerprint density at radius 1 is 1.43 bits per heavy atom. The molecule has 7 heteroatoms. The zero-order valence-electron chi connectivity index (χ0n) is 13.6. The lowest BCUT2D eigenvalue weighted by Crippen LogP contribution is -2.33. The van der Waals surface area contributed by atoms with Gasteiger partial charge in [0.15, 0.2) is 0 Å². The Hall–Kier alpha value is -1.44. The number of hydrogen-bond donors (Lipinski definition) is 1. The van der Waals surface area contributed by atoms with Crippen LogP contribution in [0.25, 0.3) is 0 Å². The lowest BCUT2D eigenvalue weighted by Gasteiger charge is -2.22. The molecule has 0 spiro atoms. The summed E-state index contributed by atoms with van der Waals surface area (Å²) in [7, 11) is 1.51. The summed E-state index contributed by atoms with van der Waals surface area (Å²) < 4.78 is 18.1. The van der Waals surface area contributed by atoms with Gasteiger partial charge >= 0.3 is 0 Å². The van der Waals surface area contributed by atoms with Crippen LogP contribution in [-0.2, 0) is 32.0 Å². The van der Waals surface area contributed by atoms with Gasteiger partial charge in [-0.1, -0.05) is 0 Å². The van der Waals surface area contributed by atoms with E-state index in [4.69, 9.17) is 19.3 Å². The fraction of sp³-hybridized carbons (Fsp3) is 0.750. The molecule has 3 rings (SSSR count). The van der Waals surface area contributed by atoms with E-state index in [2.05, 4.69) is 11.5 Å². The molecule has 128 valence electrons. The van der Waals surface area contributed by atoms with E-state index >= 15 is 0 Å². The van der Waals surface area contributed by atoms with Crippen LogP contribution in [0.5, 0.6) is 0 Å². The second-order valence-corrected chi connectivity index (χ2v) is 6.16. The van der Waals surface area contributed by atoms with Crippen molar-refractivity contribution < 1.29 is 19.0 Å². The van der Waals surface area contributed by atoms with Gasteiger partial charge in [0.25, 0.3) is 0 Å². The number of fused-ring (bicyclic) bond motifs is 1. The number of methoxy groups -OCH3 is 1. The summed E-state index contributed by atoms with van der Waals surface area (Å²) in [4.78, 5) is 11.5. The van der Waals surface area contributed by atoms with Crippen molar-refractivity contribution in [3.05, 3.63) is 17.5 Å². The number of amides is 1. The lowest BCUT2D eigenvalue weighted by molar-refractivity contribution is -0.125. The minimum absolute atomic E-state index is 0.0672. The van der Waals surface area contributed by atoms with E-state index in [0.717, 1.165) is 44.7 Å². The SMILES string of the molecule is COCC(=O)NCC1OCCc2cn(CC3CCOCC3)nc21. The first-order chi connectivity index (χ1) is 11.3. The Bertz CT molecular complexity index is 525. The van der Waals surface area contributed by atoms with Crippen LogP contribution >= 0.6 is 0 Å². The standard InChI is InChI=1S/C16H25N3O4/c1-21-11-15(20)17-8-14-16-13(4-7-23-14)10-19(18-16)9-12-2-5-22-6-3-12/h10,12,14H,2-9,11H2,1H3,(H,17,20). The molecule has 1 fully saturated rings. The van der Waals surface area contributed by atoms with Gasteiger partial charge in [0.05, 0.1) is 12.3 Å². The third-order valence-corrected chi connectivity index (χ3v) is 4.41. The number of aromatic nitrogens is 2. The molecule has 0 aromatic carbocycles. The van der Waals surface area contributed by atoms with Gasteiger partial charge in [0, 0.05) is 39.6 Å². The smallest absolute Gasteiger partial charge is 0.246 e. The Morgan fingerprint density at radius 3 is 3.04 bits per heavy atom. The first kappa shape index (κ1) is 16.4. The van der Waals surface area contributed by atoms with E-state index in [-0.39, 0.29) is 18.6 Å². The molecule has 1 saturated heterocycles. The lowest BCUT2D eigenvalue weighted by atomic mass is 10.0. The Labute approximate surface area is 136 Å². The summed E-state index contributed by atoms with van der Waals surface area (Å²) in [5.74, 6) is 0.496. The zero-order chi connectivity index (χ0) is 16.1. The van der Waals surface area contributed by atoms with Crippen LogP contribution in [0.3, 0.4) is 0 Å². The maximum atomic E-state index is 11.5. The fourth-order valence-corrected chi connectivity index (χ4v) is 3.16. The van der Waals surface area contributed by atoms with E-state index in [0.29, 0.717) is 19.1 Å². The summed E-state index contributed by atoms with van der Waals surface area (Å²) in [5.41, 5.74) is 2.19. The van der Waals surface area contributed by atoms with Crippen molar-refractivity contribution in [2.24, 2.45) is 5.92 Å². The van der Waals surface area contributed by atoms with Crippen molar-refractivity contribution in [1.82, 2.24) is 15.1 Å². The number of carbonyl (C=O) groups excluding carboxylic acids is 1. The minimum atomic E-state index is -0.171. The second kappa shape index (κ2) is 7.90. The average molecular weight is 323 g/mol. The van der Waals surface area contributed by atoms with E-state index in [1.54, 1.807) is 0 Å². The molecule has 0 aliphatic carbocycles. The van der Waals surface area contributed by atoms with Gasteiger partial charge in [-0.2, -0.15) is 5.10 Å². The second-order valence-electron chi connectivity index (χ2n) is 6.16. The number of hydrogen-bond acceptors (Lipinski definition) is 5. The highest BCUT2D eigenvalue weighted by Crippen LogP contribution is 2.26. The highest BCUT2D eigenvalue weighted by molar-refractivity contribution is 5.77. The molecule has 1 unspecified atom stereocenters. The molecular formula is C16H25N3O4. The molecule has 1 atom stereocenters. The quantitative estimate of drug-likeness (QED) is 0.833. The Kier molecular flexibility index (Phi) is 5.64. The molecule has 2 aliphatic heterocycles. The monoisotopic (exact) mass is 323 g/mol. The van der Waals surface area contributed by atoms with Gasteiger partial charge in [-0.15, -0.1) is 0 Å². The van der Waals surface area contributed by atoms with Gasteiger partial charge in [0.2, 0.25) is 5.91 Å². The van der Waals surface area contributed by atoms with Crippen LogP contribution in [0.2, 0.25) is 0 Å². The van der Waals surface area contributed by atoms with E-state index < -0.39 is 0 Å². The summed E-state index contributed by atoms with van der Waals surface area (Å²) in [6.07, 6.45) is 5.04. The number of rotatable bonds is 6. The molecule has 1 aromatic heterocycles. The van der Waals surface area contributed by atoms with Gasteiger partial charge in [0.1, 0.15) is 12.7 Å². The van der Waals surface area contributed by atoms with Crippen molar-refractivity contribution in [3.63, 3.8) is 0 Å². The maximum absolute atomic E-state index is 11.5. The fourth-order valence-electron chi connectivity index (χ4n) is 3.16. The number of carbonyl (C=O) groups is 1. The summed E-state index contributed by atoms with van der Waals surface area (Å²) >= 11 is 0. The molecule has 2 aliphatic rings. The molecule has 0 saturated carbocycles. The van der Waals surface area contributed by atoms with Crippen LogP contribution in [-0.4, -0.2) is 55.8 Å². The van der Waals surface area contributed by atoms with E-state index in [1.807, 2.05) is 4.68 Å². The van der Waals surface area contributed by atoms with Gasteiger partial charge in [-0.25, -0.2) is 0 Å². The maximum Gasteiger partial charge on any atom is 0.246 e. The molecule has 1 amide bonds. The predicted octanol–water partition coefficient (Wildman–Crippen LogP) is 0.686. The molecule has 1 N–H and O–H groups in total. The molecule has 0 radical (unpaired) electrons. The summed E-state index contributed by atoms with van der Waals surface area (Å²) in [6.45, 7) is 3.80. The molecule has 23 heavy (non-hydrogen) atoms. The van der Waals surface area contributed by atoms with Gasteiger partial charge in [-0.05, 0) is 30.7 Å². The molecule has 0 bridgehead atoms. The molecular weight excluding hydrogens is 298 g/mol. The number of nitrogens with one attached hydrogen (secondary N) is 1. The normalized spacial score (nSPS) is 21.9. The van der Waals surface area contributed by atoms with E-state index in [1.165, 1.54) is 12.7 Å². The van der Waals surface area contributed by atoms with Crippen LogP contribution in [0, 0.1) is 5.92 Å². The van der Waals surface area contributed by atoms with Crippen molar-refractivity contribution in [1.29, 1.82) is 0 Å². The van der Waals surface area contributed by atoms with Crippen molar-refractivity contribution >= 4 is 5.91 Å². The van der Waals surface area contributed by atoms with Crippen LogP contribution in [0.4, 0.5) is 0 Å². The Morgan fingerprint density at radius 2 is 2.26 bits per heavy atom. The average Bonchev–Trinajstić information content (AvgIpc) is 2.97. The largest absolute Gasteiger partial charge is 0.381 e. The number of nitrogens with zero attached hydrogens (tertiary/aromatic N) is 2. The van der Waals surface area contributed by atoms with Gasteiger partial charge < -0.3 is 19.5 Å². The molecule has 7 nitrogen and oxygen atoms in total. The highest BCUT2D eigenvalue weighted by atomic mass is 16.5. The first-order valence-electron chi connectivity index (χ1n) is 8.27. The minimum Gasteiger partial charge on any atom is -0.381 e. The highest BCUT2D eigenvalue weighted by Gasteiger charge is 2.26. The van der Waals surface area contributed by atoms with Crippen molar-refractivity contribution in [2.75, 3.05) is 40.1 Å². The summed E-state index contributed by atoms with van der Waals surface area (Å²) in [6, 6.07) is 0. The molecule has 1 aromatic rings. The van der Waals surface area contributed by atoms with Crippen molar-refractivity contribution in [2.45, 2.75) is 31.9 Å². The zero-order valence-corrected chi connectivity index (χ0v) is 13.6. The van der Waals surface area contributed by atoms with Gasteiger partial charge in [-0.3, -0.25) is 9.48 Å². The summed E-state index contributed by atoms with van der Waals surface area (Å²) in [5, 5.41) is 7.55.